The van der Waals surface area contributed by atoms with Crippen LogP contribution in [0.15, 0.2) is 30.5 Å². The zero-order chi connectivity index (χ0) is 19.0. The van der Waals surface area contributed by atoms with E-state index < -0.39 is 34.3 Å². The summed E-state index contributed by atoms with van der Waals surface area (Å²) in [6.45, 7) is 0.0837. The highest BCUT2D eigenvalue weighted by Gasteiger charge is 2.42. The van der Waals surface area contributed by atoms with Crippen LogP contribution in [0, 0.1) is 16.0 Å². The van der Waals surface area contributed by atoms with Gasteiger partial charge in [-0.05, 0) is 17.7 Å². The maximum absolute atomic E-state index is 12.7. The number of carbonyl (C=O) groups is 2. The van der Waals surface area contributed by atoms with Crippen molar-refractivity contribution in [1.29, 1.82) is 0 Å². The fraction of sp³-hybridized carbons (Fsp3) is 0.312. The molecule has 0 saturated carbocycles. The predicted molar refractivity (Wildman–Crippen MR) is 91.1 cm³/mol. The molecule has 0 radical (unpaired) electrons. The standard InChI is InChI=1S/C16H15ClN4O5/c1-19-8-13(21(25)26)14(18-19)15(22)20-6-11(12(7-20)16(23)24)9-2-4-10(17)5-3-9/h2-5,8,11-12H,6-7H2,1H3,(H,23,24)/t11-,12+/m0/s1. The zero-order valence-corrected chi connectivity index (χ0v) is 14.5. The molecule has 3 rings (SSSR count). The Labute approximate surface area is 152 Å². The molecule has 26 heavy (non-hydrogen) atoms. The van der Waals surface area contributed by atoms with Crippen molar-refractivity contribution >= 4 is 29.2 Å². The lowest BCUT2D eigenvalue weighted by molar-refractivity contribution is -0.385. The number of nitrogens with zero attached hydrogens (tertiary/aromatic N) is 4. The molecule has 0 unspecified atom stereocenters. The van der Waals surface area contributed by atoms with Crippen LogP contribution >= 0.6 is 11.6 Å². The van der Waals surface area contributed by atoms with Gasteiger partial charge in [0.15, 0.2) is 0 Å². The summed E-state index contributed by atoms with van der Waals surface area (Å²) in [4.78, 5) is 36.1. The van der Waals surface area contributed by atoms with E-state index in [2.05, 4.69) is 5.10 Å². The minimum absolute atomic E-state index is 0.0464. The Bertz CT molecular complexity index is 879. The molecule has 9 nitrogen and oxygen atoms in total. The summed E-state index contributed by atoms with van der Waals surface area (Å²) < 4.78 is 1.19. The topological polar surface area (TPSA) is 119 Å². The van der Waals surface area contributed by atoms with Gasteiger partial charge in [-0.15, -0.1) is 0 Å². The number of halogens is 1. The number of carboxylic acids is 1. The van der Waals surface area contributed by atoms with Crippen molar-refractivity contribution < 1.29 is 19.6 Å². The number of aromatic nitrogens is 2. The summed E-state index contributed by atoms with van der Waals surface area (Å²) in [7, 11) is 1.48. The fourth-order valence-corrected chi connectivity index (χ4v) is 3.31. The summed E-state index contributed by atoms with van der Waals surface area (Å²) in [6, 6.07) is 6.76. The van der Waals surface area contributed by atoms with Gasteiger partial charge in [0.2, 0.25) is 5.69 Å². The average Bonchev–Trinajstić information content (AvgIpc) is 3.19. The summed E-state index contributed by atoms with van der Waals surface area (Å²) in [6.07, 6.45) is 1.15. The second-order valence-electron chi connectivity index (χ2n) is 6.11. The van der Waals surface area contributed by atoms with Crippen molar-refractivity contribution in [2.24, 2.45) is 13.0 Å². The van der Waals surface area contributed by atoms with Crippen LogP contribution in [0.1, 0.15) is 22.0 Å². The van der Waals surface area contributed by atoms with Crippen LogP contribution in [0.2, 0.25) is 5.02 Å². The van der Waals surface area contributed by atoms with Crippen molar-refractivity contribution in [1.82, 2.24) is 14.7 Å². The van der Waals surface area contributed by atoms with Crippen molar-refractivity contribution in [2.45, 2.75) is 5.92 Å². The SMILES string of the molecule is Cn1cc([N+](=O)[O-])c(C(=O)N2C[C@@H](C(=O)O)[C@H](c3ccc(Cl)cc3)C2)n1. The summed E-state index contributed by atoms with van der Waals surface area (Å²) >= 11 is 5.87. The number of amides is 1. The van der Waals surface area contributed by atoms with E-state index >= 15 is 0 Å². The molecule has 1 aliphatic rings. The highest BCUT2D eigenvalue weighted by molar-refractivity contribution is 6.30. The van der Waals surface area contributed by atoms with Gasteiger partial charge in [0.1, 0.15) is 6.20 Å². The minimum Gasteiger partial charge on any atom is -0.481 e. The van der Waals surface area contributed by atoms with Crippen LogP contribution in [0.4, 0.5) is 5.69 Å². The normalized spacial score (nSPS) is 19.5. The van der Waals surface area contributed by atoms with Crippen LogP contribution in [0.3, 0.4) is 0 Å². The maximum atomic E-state index is 12.7. The van der Waals surface area contributed by atoms with Crippen LogP contribution in [-0.4, -0.2) is 49.7 Å². The van der Waals surface area contributed by atoms with E-state index in [1.807, 2.05) is 0 Å². The number of aliphatic carboxylic acids is 1. The third-order valence-electron chi connectivity index (χ3n) is 4.43. The van der Waals surface area contributed by atoms with Gasteiger partial charge in [0.05, 0.1) is 10.8 Å². The van der Waals surface area contributed by atoms with E-state index in [1.165, 1.54) is 16.6 Å². The molecule has 1 aromatic heterocycles. The molecule has 1 aliphatic heterocycles. The molecule has 2 aromatic rings. The Balaban J connectivity index is 1.90. The number of nitro groups is 1. The molecular weight excluding hydrogens is 364 g/mol. The molecule has 0 bridgehead atoms. The number of hydrogen-bond donors (Lipinski definition) is 1. The van der Waals surface area contributed by atoms with E-state index in [9.17, 15) is 24.8 Å². The van der Waals surface area contributed by atoms with Crippen molar-refractivity contribution in [3.8, 4) is 0 Å². The molecule has 0 aliphatic carbocycles. The highest BCUT2D eigenvalue weighted by Crippen LogP contribution is 2.34. The Morgan fingerprint density at radius 2 is 1.96 bits per heavy atom. The first-order valence-electron chi connectivity index (χ1n) is 7.73. The lowest BCUT2D eigenvalue weighted by atomic mass is 9.89. The summed E-state index contributed by atoms with van der Waals surface area (Å²) in [5, 5.41) is 25.0. The smallest absolute Gasteiger partial charge is 0.320 e. The molecule has 2 atom stereocenters. The molecule has 2 heterocycles. The molecular formula is C16H15ClN4O5. The second kappa shape index (κ2) is 6.75. The Hall–Kier alpha value is -2.94. The van der Waals surface area contributed by atoms with Crippen molar-refractivity contribution in [3.05, 3.63) is 56.9 Å². The molecule has 1 aromatic carbocycles. The van der Waals surface area contributed by atoms with E-state index in [1.54, 1.807) is 24.3 Å². The van der Waals surface area contributed by atoms with Gasteiger partial charge in [-0.2, -0.15) is 5.10 Å². The molecule has 136 valence electrons. The first-order valence-corrected chi connectivity index (χ1v) is 8.11. The van der Waals surface area contributed by atoms with E-state index in [0.29, 0.717) is 5.02 Å². The number of carboxylic acid groups (broad SMARTS) is 1. The van der Waals surface area contributed by atoms with E-state index in [-0.39, 0.29) is 18.8 Å². The predicted octanol–water partition coefficient (Wildman–Crippen LogP) is 1.92. The third kappa shape index (κ3) is 3.25. The third-order valence-corrected chi connectivity index (χ3v) is 4.68. The lowest BCUT2D eigenvalue weighted by Gasteiger charge is -2.15. The zero-order valence-electron chi connectivity index (χ0n) is 13.7. The summed E-state index contributed by atoms with van der Waals surface area (Å²) in [5.74, 6) is -2.94. The molecule has 0 spiro atoms. The Morgan fingerprint density at radius 1 is 1.31 bits per heavy atom. The number of hydrogen-bond acceptors (Lipinski definition) is 5. The quantitative estimate of drug-likeness (QED) is 0.641. The lowest BCUT2D eigenvalue weighted by Crippen LogP contribution is -2.30. The van der Waals surface area contributed by atoms with Gasteiger partial charge in [-0.25, -0.2) is 0 Å². The van der Waals surface area contributed by atoms with Crippen LogP contribution < -0.4 is 0 Å². The number of carbonyl (C=O) groups excluding carboxylic acids is 1. The number of likely N-dealkylation sites (tertiary alicyclic amines) is 1. The van der Waals surface area contributed by atoms with Crippen LogP contribution in [0.25, 0.3) is 0 Å². The number of aryl methyl sites for hydroxylation is 1. The largest absolute Gasteiger partial charge is 0.481 e. The maximum Gasteiger partial charge on any atom is 0.320 e. The monoisotopic (exact) mass is 378 g/mol. The molecule has 1 fully saturated rings. The fourth-order valence-electron chi connectivity index (χ4n) is 3.18. The Morgan fingerprint density at radius 3 is 2.54 bits per heavy atom. The van der Waals surface area contributed by atoms with Gasteiger partial charge in [-0.3, -0.25) is 24.4 Å². The van der Waals surface area contributed by atoms with Gasteiger partial charge in [0, 0.05) is 31.1 Å². The molecule has 1 saturated heterocycles. The highest BCUT2D eigenvalue weighted by atomic mass is 35.5. The molecule has 10 heteroatoms. The molecule has 1 amide bonds. The van der Waals surface area contributed by atoms with Crippen LogP contribution in [0.5, 0.6) is 0 Å². The number of rotatable bonds is 4. The Kier molecular flexibility index (Phi) is 4.64. The minimum atomic E-state index is -1.03. The first-order chi connectivity index (χ1) is 12.3. The van der Waals surface area contributed by atoms with E-state index in [0.717, 1.165) is 11.8 Å². The molecule has 1 N–H and O–H groups in total. The summed E-state index contributed by atoms with van der Waals surface area (Å²) in [5.41, 5.74) is 0.0466. The first kappa shape index (κ1) is 17.9. The van der Waals surface area contributed by atoms with Crippen molar-refractivity contribution in [2.75, 3.05) is 13.1 Å². The van der Waals surface area contributed by atoms with Gasteiger partial charge in [-0.1, -0.05) is 23.7 Å². The van der Waals surface area contributed by atoms with Crippen LogP contribution in [-0.2, 0) is 11.8 Å². The van der Waals surface area contributed by atoms with E-state index in [4.69, 9.17) is 11.6 Å². The average molecular weight is 379 g/mol. The van der Waals surface area contributed by atoms with Crippen molar-refractivity contribution in [3.63, 3.8) is 0 Å². The van der Waals surface area contributed by atoms with Gasteiger partial charge in [0.25, 0.3) is 5.91 Å². The van der Waals surface area contributed by atoms with Gasteiger partial charge < -0.3 is 10.0 Å². The van der Waals surface area contributed by atoms with Gasteiger partial charge >= 0.3 is 11.7 Å². The second-order valence-corrected chi connectivity index (χ2v) is 6.54. The number of benzene rings is 1.